The standard InChI is InChI=1S/C21H27N3O.2ClH/c1-16-13-17(2)21(18(3)14-16)22-20(25)15-23-9-11-24(12-10-23)19-7-5-4-6-8-19;;/h4-8,13-14H,9-12,15H2,1-3H3,(H,22,25);2*1H. The Kier molecular flexibility index (Phi) is 9.10. The number of nitrogens with one attached hydrogen (secondary N) is 1. The second-order valence-corrected chi connectivity index (χ2v) is 6.92. The van der Waals surface area contributed by atoms with Gasteiger partial charge in [-0.3, -0.25) is 9.69 Å². The maximum Gasteiger partial charge on any atom is 0.238 e. The van der Waals surface area contributed by atoms with E-state index in [9.17, 15) is 4.79 Å². The number of para-hydroxylation sites is 1. The SMILES string of the molecule is Cc1cc(C)c(NC(=O)CN2CCN(c3ccccc3)CC2)c(C)c1.Cl.Cl. The van der Waals surface area contributed by atoms with E-state index in [2.05, 4.69) is 58.4 Å². The molecule has 0 unspecified atom stereocenters. The first-order chi connectivity index (χ1) is 12.0. The Balaban J connectivity index is 0.00000182. The van der Waals surface area contributed by atoms with Crippen molar-refractivity contribution >= 4 is 42.1 Å². The number of rotatable bonds is 4. The van der Waals surface area contributed by atoms with Crippen LogP contribution in [0.15, 0.2) is 42.5 Å². The Labute approximate surface area is 174 Å². The maximum atomic E-state index is 12.5. The number of halogens is 2. The highest BCUT2D eigenvalue weighted by Gasteiger charge is 2.19. The van der Waals surface area contributed by atoms with Gasteiger partial charge in [0.15, 0.2) is 0 Å². The van der Waals surface area contributed by atoms with Gasteiger partial charge in [0.1, 0.15) is 0 Å². The Hall–Kier alpha value is -1.75. The predicted molar refractivity (Wildman–Crippen MR) is 119 cm³/mol. The van der Waals surface area contributed by atoms with Gasteiger partial charge in [-0.15, -0.1) is 24.8 Å². The van der Waals surface area contributed by atoms with E-state index in [0.717, 1.165) is 43.0 Å². The molecule has 1 aliphatic heterocycles. The smallest absolute Gasteiger partial charge is 0.238 e. The normalized spacial score (nSPS) is 14.1. The van der Waals surface area contributed by atoms with Crippen LogP contribution in [0.3, 0.4) is 0 Å². The van der Waals surface area contributed by atoms with Gasteiger partial charge in [-0.1, -0.05) is 35.9 Å². The number of nitrogens with zero attached hydrogens (tertiary/aromatic N) is 2. The van der Waals surface area contributed by atoms with Gasteiger partial charge >= 0.3 is 0 Å². The Bertz CT molecular complexity index is 721. The molecule has 2 aromatic carbocycles. The van der Waals surface area contributed by atoms with Crippen LogP contribution in [0.1, 0.15) is 16.7 Å². The van der Waals surface area contributed by atoms with E-state index in [0.29, 0.717) is 6.54 Å². The number of hydrogen-bond acceptors (Lipinski definition) is 3. The largest absolute Gasteiger partial charge is 0.369 e. The van der Waals surface area contributed by atoms with Gasteiger partial charge in [-0.05, 0) is 44.0 Å². The van der Waals surface area contributed by atoms with Crippen LogP contribution in [-0.4, -0.2) is 43.5 Å². The highest BCUT2D eigenvalue weighted by atomic mass is 35.5. The maximum absolute atomic E-state index is 12.5. The molecule has 148 valence electrons. The lowest BCUT2D eigenvalue weighted by atomic mass is 10.1. The number of anilines is 2. The molecule has 0 aromatic heterocycles. The zero-order valence-electron chi connectivity index (χ0n) is 16.2. The molecule has 1 amide bonds. The summed E-state index contributed by atoms with van der Waals surface area (Å²) in [5.74, 6) is 0.0724. The quantitative estimate of drug-likeness (QED) is 0.820. The predicted octanol–water partition coefficient (Wildman–Crippen LogP) is 4.22. The van der Waals surface area contributed by atoms with Crippen molar-refractivity contribution in [2.75, 3.05) is 42.9 Å². The molecule has 27 heavy (non-hydrogen) atoms. The van der Waals surface area contributed by atoms with Gasteiger partial charge in [0, 0.05) is 37.6 Å². The molecular formula is C21H29Cl2N3O. The van der Waals surface area contributed by atoms with Crippen molar-refractivity contribution in [3.05, 3.63) is 59.2 Å². The molecule has 2 aromatic rings. The van der Waals surface area contributed by atoms with Gasteiger partial charge < -0.3 is 10.2 Å². The van der Waals surface area contributed by atoms with Gasteiger partial charge in [-0.2, -0.15) is 0 Å². The van der Waals surface area contributed by atoms with Crippen molar-refractivity contribution < 1.29 is 4.79 Å². The summed E-state index contributed by atoms with van der Waals surface area (Å²) in [6, 6.07) is 14.7. The Morgan fingerprint density at radius 3 is 2.04 bits per heavy atom. The third kappa shape index (κ3) is 6.13. The topological polar surface area (TPSA) is 35.6 Å². The molecule has 3 rings (SSSR count). The zero-order chi connectivity index (χ0) is 17.8. The minimum atomic E-state index is 0. The molecule has 0 aliphatic carbocycles. The highest BCUT2D eigenvalue weighted by molar-refractivity contribution is 5.93. The van der Waals surface area contributed by atoms with Crippen LogP contribution < -0.4 is 10.2 Å². The third-order valence-electron chi connectivity index (χ3n) is 4.80. The number of carbonyl (C=O) groups excluding carboxylic acids is 1. The average molecular weight is 410 g/mol. The highest BCUT2D eigenvalue weighted by Crippen LogP contribution is 2.22. The van der Waals surface area contributed by atoms with Crippen LogP contribution in [0, 0.1) is 20.8 Å². The van der Waals surface area contributed by atoms with Crippen molar-refractivity contribution in [1.82, 2.24) is 4.90 Å². The van der Waals surface area contributed by atoms with E-state index < -0.39 is 0 Å². The third-order valence-corrected chi connectivity index (χ3v) is 4.80. The minimum Gasteiger partial charge on any atom is -0.369 e. The van der Waals surface area contributed by atoms with Crippen molar-refractivity contribution in [1.29, 1.82) is 0 Å². The first-order valence-electron chi connectivity index (χ1n) is 8.93. The lowest BCUT2D eigenvalue weighted by Gasteiger charge is -2.35. The number of aryl methyl sites for hydroxylation is 3. The van der Waals surface area contributed by atoms with Crippen molar-refractivity contribution in [3.8, 4) is 0 Å². The number of benzene rings is 2. The van der Waals surface area contributed by atoms with Crippen LogP contribution >= 0.6 is 24.8 Å². The van der Waals surface area contributed by atoms with E-state index in [1.165, 1.54) is 11.3 Å². The number of amides is 1. The molecule has 4 nitrogen and oxygen atoms in total. The molecule has 6 heteroatoms. The number of piperazine rings is 1. The lowest BCUT2D eigenvalue weighted by molar-refractivity contribution is -0.117. The molecule has 0 radical (unpaired) electrons. The average Bonchev–Trinajstić information content (AvgIpc) is 2.59. The van der Waals surface area contributed by atoms with Crippen LogP contribution in [0.4, 0.5) is 11.4 Å². The van der Waals surface area contributed by atoms with E-state index in [4.69, 9.17) is 0 Å². The summed E-state index contributed by atoms with van der Waals surface area (Å²) in [4.78, 5) is 17.1. The van der Waals surface area contributed by atoms with Crippen LogP contribution in [0.25, 0.3) is 0 Å². The summed E-state index contributed by atoms with van der Waals surface area (Å²) in [6.07, 6.45) is 0. The van der Waals surface area contributed by atoms with Gasteiger partial charge in [0.05, 0.1) is 6.54 Å². The van der Waals surface area contributed by atoms with E-state index >= 15 is 0 Å². The molecule has 1 fully saturated rings. The first-order valence-corrected chi connectivity index (χ1v) is 8.93. The number of hydrogen-bond donors (Lipinski definition) is 1. The fraction of sp³-hybridized carbons (Fsp3) is 0.381. The second-order valence-electron chi connectivity index (χ2n) is 6.92. The van der Waals surface area contributed by atoms with E-state index in [1.54, 1.807) is 0 Å². The Morgan fingerprint density at radius 2 is 1.48 bits per heavy atom. The molecule has 1 heterocycles. The molecule has 0 spiro atoms. The van der Waals surface area contributed by atoms with E-state index in [1.807, 2.05) is 19.9 Å². The lowest BCUT2D eigenvalue weighted by Crippen LogP contribution is -2.48. The number of carbonyl (C=O) groups is 1. The van der Waals surface area contributed by atoms with Gasteiger partial charge in [-0.25, -0.2) is 0 Å². The summed E-state index contributed by atoms with van der Waals surface area (Å²) < 4.78 is 0. The van der Waals surface area contributed by atoms with Crippen LogP contribution in [-0.2, 0) is 4.79 Å². The van der Waals surface area contributed by atoms with Crippen molar-refractivity contribution in [2.45, 2.75) is 20.8 Å². The Morgan fingerprint density at radius 1 is 0.926 bits per heavy atom. The molecule has 0 saturated carbocycles. The summed E-state index contributed by atoms with van der Waals surface area (Å²) >= 11 is 0. The van der Waals surface area contributed by atoms with Crippen LogP contribution in [0.5, 0.6) is 0 Å². The molecule has 1 aliphatic rings. The second kappa shape index (κ2) is 10.5. The van der Waals surface area contributed by atoms with Gasteiger partial charge in [0.25, 0.3) is 0 Å². The van der Waals surface area contributed by atoms with Crippen molar-refractivity contribution in [2.24, 2.45) is 0 Å². The zero-order valence-corrected chi connectivity index (χ0v) is 17.8. The summed E-state index contributed by atoms with van der Waals surface area (Å²) in [6.45, 7) is 10.4. The molecule has 1 saturated heterocycles. The van der Waals surface area contributed by atoms with Gasteiger partial charge in [0.2, 0.25) is 5.91 Å². The molecular weight excluding hydrogens is 381 g/mol. The minimum absolute atomic E-state index is 0. The summed E-state index contributed by atoms with van der Waals surface area (Å²) in [7, 11) is 0. The fourth-order valence-corrected chi connectivity index (χ4v) is 3.56. The monoisotopic (exact) mass is 409 g/mol. The summed E-state index contributed by atoms with van der Waals surface area (Å²) in [5, 5.41) is 3.10. The fourth-order valence-electron chi connectivity index (χ4n) is 3.56. The van der Waals surface area contributed by atoms with E-state index in [-0.39, 0.29) is 30.7 Å². The summed E-state index contributed by atoms with van der Waals surface area (Å²) in [5.41, 5.74) is 5.69. The molecule has 0 bridgehead atoms. The molecule has 0 atom stereocenters. The van der Waals surface area contributed by atoms with Crippen LogP contribution in [0.2, 0.25) is 0 Å². The van der Waals surface area contributed by atoms with Crippen molar-refractivity contribution in [3.63, 3.8) is 0 Å². The first kappa shape index (κ1) is 23.3. The molecule has 1 N–H and O–H groups in total.